The van der Waals surface area contributed by atoms with E-state index >= 15 is 0 Å². The third kappa shape index (κ3) is 14.2. The highest BCUT2D eigenvalue weighted by Crippen LogP contribution is 2.57. The van der Waals surface area contributed by atoms with Crippen molar-refractivity contribution in [3.05, 3.63) is 390 Å². The molecule has 23 rings (SSSR count). The molecule has 6 heterocycles. The summed E-state index contributed by atoms with van der Waals surface area (Å²) in [7, 11) is 0. The highest BCUT2D eigenvalue weighted by molar-refractivity contribution is 7.00. The Bertz CT molecular complexity index is 9030. The van der Waals surface area contributed by atoms with Gasteiger partial charge in [0, 0.05) is 111 Å². The summed E-state index contributed by atoms with van der Waals surface area (Å²) in [6.45, 7) is 42.8. The lowest BCUT2D eigenvalue weighted by atomic mass is 9.33. The molecule has 7 heteroatoms. The van der Waals surface area contributed by atoms with Gasteiger partial charge in [0.15, 0.2) is 0 Å². The number of nitrogens with zero attached hydrogens (tertiary/aromatic N) is 6. The molecule has 0 spiro atoms. The first-order valence-corrected chi connectivity index (χ1v) is 47.7. The van der Waals surface area contributed by atoms with Crippen molar-refractivity contribution in [1.29, 1.82) is 0 Å². The smallest absolute Gasteiger partial charge is 0.252 e. The lowest BCUT2D eigenvalue weighted by molar-refractivity contribution is 0.590. The summed E-state index contributed by atoms with van der Waals surface area (Å²) in [6, 6.07) is 63.8. The maximum atomic E-state index is 12.3. The van der Waals surface area contributed by atoms with Crippen LogP contribution in [0.1, 0.15) is 212 Å². The summed E-state index contributed by atoms with van der Waals surface area (Å²) in [6.07, 6.45) is 0. The first-order chi connectivity index (χ1) is 73.8. The van der Waals surface area contributed by atoms with Crippen LogP contribution in [0.25, 0.3) is 154 Å². The van der Waals surface area contributed by atoms with Gasteiger partial charge >= 0.3 is 0 Å². The Kier molecular flexibility index (Phi) is 15.2. The molecule has 137 heavy (non-hydrogen) atoms. The van der Waals surface area contributed by atoms with E-state index in [0.29, 0.717) is 100 Å². The number of anilines is 6. The van der Waals surface area contributed by atoms with E-state index in [9.17, 15) is 27.4 Å². The van der Waals surface area contributed by atoms with Crippen LogP contribution in [0, 0.1) is 0 Å². The van der Waals surface area contributed by atoms with Gasteiger partial charge in [-0.2, -0.15) is 0 Å². The zero-order valence-electron chi connectivity index (χ0n) is 102. The Morgan fingerprint density at radius 3 is 0.759 bits per heavy atom. The SMILES string of the molecule is [2H]c1c([2H])c(-n2c3c([2H])c([2H])c([2H])c([2H])c3c3c([2H])c(-n4c5ccc(C(C)(C)C)cc5c5cc(C(C)(C)C)ccc54)c([2H])c([2H])c32)c([2H])c2c1B1c3c(cc(C(C)(C)C)cc3N(c3c(-c4ccccc4)cc(C(C)(C)C)cc3-c3ccccc3)c3c([2H])c(-n4c5c([2H])c([2H])c([2H])c([2H])c5c5c([2H])c(-n6c7ccc(C(C)(C)C)cc7c7cc(C(C)(C)C)ccc76)c([2H])c([2H])c54)c([2H])c([2H])c31)N2c1c(-c2ccccc2)cc(C(C)(C)C)cc1-c1ccccc1. The summed E-state index contributed by atoms with van der Waals surface area (Å²) in [5.74, 6) is 0. The van der Waals surface area contributed by atoms with E-state index in [-0.39, 0.29) is 98.9 Å². The molecular weight excluding hydrogens is 1660 g/mol. The van der Waals surface area contributed by atoms with Gasteiger partial charge in [-0.25, -0.2) is 0 Å². The van der Waals surface area contributed by atoms with Crippen molar-refractivity contribution in [3.63, 3.8) is 0 Å². The van der Waals surface area contributed by atoms with E-state index < -0.39 is 155 Å². The predicted molar refractivity (Wildman–Crippen MR) is 590 cm³/mol. The van der Waals surface area contributed by atoms with E-state index in [1.165, 1.54) is 9.13 Å². The molecule has 0 amide bonds. The number of benzene rings is 17. The maximum absolute atomic E-state index is 12.3. The molecule has 2 aliphatic heterocycles. The van der Waals surface area contributed by atoms with Gasteiger partial charge in [-0.05, 0) is 273 Å². The number of fused-ring (bicyclic) bond motifs is 16. The van der Waals surface area contributed by atoms with Gasteiger partial charge in [0.2, 0.25) is 0 Å². The molecule has 0 atom stereocenters. The summed E-state index contributed by atoms with van der Waals surface area (Å²) >= 11 is 0. The van der Waals surface area contributed by atoms with Crippen molar-refractivity contribution in [1.82, 2.24) is 18.3 Å². The monoisotopic (exact) mass is 1800 g/mol. The third-order valence-corrected chi connectivity index (χ3v) is 28.3. The number of rotatable bonds is 10. The molecule has 4 aromatic heterocycles. The predicted octanol–water partition coefficient (Wildman–Crippen LogP) is 33.9. The molecule has 674 valence electrons. The second-order valence-electron chi connectivity index (χ2n) is 44.7. The van der Waals surface area contributed by atoms with Crippen molar-refractivity contribution in [3.8, 4) is 67.3 Å². The molecule has 0 saturated heterocycles. The summed E-state index contributed by atoms with van der Waals surface area (Å²) < 4.78 is 225. The lowest BCUT2D eigenvalue weighted by Gasteiger charge is -2.47. The first-order valence-electron chi connectivity index (χ1n) is 57.7. The highest BCUT2D eigenvalue weighted by atomic mass is 15.2. The van der Waals surface area contributed by atoms with Crippen LogP contribution in [0.5, 0.6) is 0 Å². The zero-order valence-corrected chi connectivity index (χ0v) is 81.7. The third-order valence-electron chi connectivity index (χ3n) is 28.3. The Labute approximate surface area is 836 Å². The number of hydrogen-bond acceptors (Lipinski definition) is 2. The highest BCUT2D eigenvalue weighted by Gasteiger charge is 2.47. The van der Waals surface area contributed by atoms with E-state index in [1.807, 2.05) is 180 Å². The van der Waals surface area contributed by atoms with Crippen molar-refractivity contribution in [2.24, 2.45) is 0 Å². The van der Waals surface area contributed by atoms with Crippen LogP contribution in [-0.4, -0.2) is 25.0 Å². The summed E-state index contributed by atoms with van der Waals surface area (Å²) in [5.41, 5.74) is 9.26. The van der Waals surface area contributed by atoms with Gasteiger partial charge in [0.25, 0.3) is 6.71 Å². The molecule has 0 bridgehead atoms. The Hall–Kier alpha value is -14.4. The fourth-order valence-corrected chi connectivity index (χ4v) is 20.7. The second kappa shape index (κ2) is 31.1. The first kappa shape index (κ1) is 66.9. The topological polar surface area (TPSA) is 26.2 Å². The minimum absolute atomic E-state index is 0.0912. The van der Waals surface area contributed by atoms with Crippen LogP contribution in [0.3, 0.4) is 0 Å². The fourth-order valence-electron chi connectivity index (χ4n) is 20.7. The molecule has 0 fully saturated rings. The van der Waals surface area contributed by atoms with Crippen LogP contribution in [0.15, 0.2) is 351 Å². The average Bonchev–Trinajstić information content (AvgIpc) is 1.61. The van der Waals surface area contributed by atoms with E-state index in [2.05, 4.69) is 206 Å². The number of hydrogen-bond donors (Lipinski definition) is 0. The van der Waals surface area contributed by atoms with Crippen LogP contribution in [0.4, 0.5) is 34.1 Å². The molecular formula is C130H121BN6. The van der Waals surface area contributed by atoms with E-state index in [4.69, 9.17) is 0 Å². The molecule has 0 saturated carbocycles. The molecule has 0 aliphatic carbocycles. The lowest BCUT2D eigenvalue weighted by Crippen LogP contribution is -2.61. The number of para-hydroxylation sites is 2. The van der Waals surface area contributed by atoms with Gasteiger partial charge < -0.3 is 28.1 Å². The second-order valence-corrected chi connectivity index (χ2v) is 44.7. The van der Waals surface area contributed by atoms with Gasteiger partial charge in [0.1, 0.15) is 0 Å². The van der Waals surface area contributed by atoms with Gasteiger partial charge in [-0.3, -0.25) is 0 Å². The average molecular weight is 1800 g/mol. The summed E-state index contributed by atoms with van der Waals surface area (Å²) in [5, 5.41) is 2.22. The van der Waals surface area contributed by atoms with Gasteiger partial charge in [-0.1, -0.05) is 339 Å². The van der Waals surface area contributed by atoms with Gasteiger partial charge in [-0.15, -0.1) is 0 Å². The normalized spacial score (nSPS) is 15.4. The van der Waals surface area contributed by atoms with Crippen LogP contribution in [-0.2, 0) is 37.9 Å². The van der Waals surface area contributed by atoms with Crippen molar-refractivity contribution in [2.75, 3.05) is 9.80 Å². The summed E-state index contributed by atoms with van der Waals surface area (Å²) in [4.78, 5) is 3.93. The van der Waals surface area contributed by atoms with Crippen LogP contribution < -0.4 is 26.2 Å². The van der Waals surface area contributed by atoms with E-state index in [0.717, 1.165) is 54.9 Å². The molecule has 2 aliphatic rings. The fraction of sp³-hybridized carbons (Fsp3) is 0.215. The Morgan fingerprint density at radius 1 is 0.212 bits per heavy atom. The molecule has 0 radical (unpaired) electrons. The Balaban J connectivity index is 0.928. The molecule has 0 unspecified atom stereocenters. The Morgan fingerprint density at radius 2 is 0.467 bits per heavy atom. The minimum Gasteiger partial charge on any atom is -0.310 e. The van der Waals surface area contributed by atoms with Crippen LogP contribution in [0.2, 0.25) is 0 Å². The van der Waals surface area contributed by atoms with Gasteiger partial charge in [0.05, 0.1) is 82.9 Å². The van der Waals surface area contributed by atoms with Crippen molar-refractivity contribution in [2.45, 2.75) is 183 Å². The maximum Gasteiger partial charge on any atom is 0.252 e. The molecule has 17 aromatic carbocycles. The quantitative estimate of drug-likeness (QED) is 0.128. The van der Waals surface area contributed by atoms with Crippen molar-refractivity contribution >= 4 is 144 Å². The molecule has 0 N–H and O–H groups in total. The minimum atomic E-state index is -1.67. The number of aromatic nitrogens is 4. The molecule has 21 aromatic rings. The van der Waals surface area contributed by atoms with Crippen LogP contribution >= 0.6 is 0 Å². The molecule has 6 nitrogen and oxygen atoms in total. The van der Waals surface area contributed by atoms with Crippen molar-refractivity contribution < 1.29 is 27.4 Å². The zero-order chi connectivity index (χ0) is 112. The standard InChI is InChI=1S/C130H121BN6/c1-124(2,3)84-50-60-111-101(66-84)102-67-85(125(4,5)6)51-61-112(102)132(111)91-56-64-115-105(76-91)95-46-34-36-48-109(95)134(115)93-54-58-107-117(78-93)136(122-97(80-38-26-22-27-39-80)70-88(128(13,14)15)71-98(122)81-40-28-23-29-41-81)119-74-90(130(19,20)21)75-120-121(119)131(107)108-59-55-94(79-118(108)137(120)123-99(82-42-30-24-31-43-82)72-89(129(16,17)18)73-100(123)83-44-32-25-33-45-83)135-110-49-37-35-47-96(110)106-77-92(57-65-116(106)135)133-113-62-52-86(126(7,8)9)68-103(113)104-69-87(127(10,11)12)53-63-114(104)133/h22-79H,1-21H3/i34D,35D,36D,37D,46D,47D,48D,49D,54D,55D,56D,57D,58D,59D,64D,65D,76D,77D,78D,79D. The van der Waals surface area contributed by atoms with E-state index in [1.54, 1.807) is 9.13 Å². The largest absolute Gasteiger partial charge is 0.310 e.